The van der Waals surface area contributed by atoms with Crippen LogP contribution in [-0.2, 0) is 0 Å². The van der Waals surface area contributed by atoms with Crippen molar-refractivity contribution < 1.29 is 0 Å². The summed E-state index contributed by atoms with van der Waals surface area (Å²) in [5, 5.41) is 6.89. The maximum absolute atomic E-state index is 5.45. The van der Waals surface area contributed by atoms with Crippen molar-refractivity contribution >= 4 is 23.3 Å². The Labute approximate surface area is 147 Å². The second kappa shape index (κ2) is 7.66. The van der Waals surface area contributed by atoms with E-state index in [0.29, 0.717) is 11.1 Å². The molecule has 0 unspecified atom stereocenters. The van der Waals surface area contributed by atoms with Crippen LogP contribution in [0.4, 0.5) is 5.95 Å². The van der Waals surface area contributed by atoms with Crippen LogP contribution >= 0.6 is 12.2 Å². The molecule has 0 aliphatic carbocycles. The largest absolute Gasteiger partial charge is 0.351 e. The molecule has 0 bridgehead atoms. The number of aryl methyl sites for hydroxylation is 1. The summed E-state index contributed by atoms with van der Waals surface area (Å²) >= 11 is 5.45. The van der Waals surface area contributed by atoms with E-state index in [1.165, 1.54) is 0 Å². The van der Waals surface area contributed by atoms with Gasteiger partial charge in [0.05, 0.1) is 6.04 Å². The Morgan fingerprint density at radius 3 is 2.04 bits per heavy atom. The third kappa shape index (κ3) is 4.14. The Hall–Kier alpha value is -2.79. The van der Waals surface area contributed by atoms with Crippen LogP contribution in [0.15, 0.2) is 72.9 Å². The molecule has 0 saturated carbocycles. The van der Waals surface area contributed by atoms with Crippen molar-refractivity contribution in [2.75, 3.05) is 5.32 Å². The quantitative estimate of drug-likeness (QED) is 0.710. The lowest BCUT2D eigenvalue weighted by molar-refractivity contribution is 0.768. The molecular formula is C19H18N4S. The number of nitrogens with zero attached hydrogens (tertiary/aromatic N) is 2. The predicted octanol–water partition coefficient (Wildman–Crippen LogP) is 3.86. The van der Waals surface area contributed by atoms with Crippen LogP contribution in [0.3, 0.4) is 0 Å². The van der Waals surface area contributed by atoms with E-state index < -0.39 is 0 Å². The van der Waals surface area contributed by atoms with Gasteiger partial charge in [-0.3, -0.25) is 0 Å². The maximum Gasteiger partial charge on any atom is 0.229 e. The van der Waals surface area contributed by atoms with Crippen molar-refractivity contribution in [3.05, 3.63) is 89.7 Å². The fourth-order valence-electron chi connectivity index (χ4n) is 2.43. The Kier molecular flexibility index (Phi) is 5.13. The van der Waals surface area contributed by atoms with Crippen molar-refractivity contribution in [2.24, 2.45) is 0 Å². The van der Waals surface area contributed by atoms with Gasteiger partial charge in [-0.2, -0.15) is 0 Å². The average Bonchev–Trinajstić information content (AvgIpc) is 2.61. The zero-order valence-corrected chi connectivity index (χ0v) is 14.1. The standard InChI is InChI=1S/C19H18N4S/c1-14-12-13-20-18(21-14)23-19(24)22-17(15-8-4-2-5-9-15)16-10-6-3-7-11-16/h2-13,17H,1H3,(H2,20,21,22,23,24). The van der Waals surface area contributed by atoms with Gasteiger partial charge in [-0.15, -0.1) is 0 Å². The van der Waals surface area contributed by atoms with Gasteiger partial charge in [0.1, 0.15) is 0 Å². The Morgan fingerprint density at radius 2 is 1.50 bits per heavy atom. The van der Waals surface area contributed by atoms with E-state index in [1.54, 1.807) is 6.20 Å². The topological polar surface area (TPSA) is 49.8 Å². The number of thiocarbonyl (C=S) groups is 1. The zero-order chi connectivity index (χ0) is 16.8. The van der Waals surface area contributed by atoms with E-state index in [9.17, 15) is 0 Å². The van der Waals surface area contributed by atoms with E-state index >= 15 is 0 Å². The smallest absolute Gasteiger partial charge is 0.229 e. The van der Waals surface area contributed by atoms with Crippen LogP contribution in [-0.4, -0.2) is 15.1 Å². The van der Waals surface area contributed by atoms with Crippen molar-refractivity contribution in [2.45, 2.75) is 13.0 Å². The minimum atomic E-state index is -0.0443. The lowest BCUT2D eigenvalue weighted by Gasteiger charge is -2.21. The number of rotatable bonds is 4. The maximum atomic E-state index is 5.45. The molecule has 2 aromatic carbocycles. The molecular weight excluding hydrogens is 316 g/mol. The van der Waals surface area contributed by atoms with Crippen molar-refractivity contribution in [1.29, 1.82) is 0 Å². The number of aromatic nitrogens is 2. The highest BCUT2D eigenvalue weighted by molar-refractivity contribution is 7.80. The molecule has 1 aromatic heterocycles. The third-order valence-electron chi connectivity index (χ3n) is 3.56. The fourth-order valence-corrected chi connectivity index (χ4v) is 2.64. The normalized spacial score (nSPS) is 10.4. The minimum absolute atomic E-state index is 0.0443. The van der Waals surface area contributed by atoms with Crippen LogP contribution < -0.4 is 10.6 Å². The molecule has 0 atom stereocenters. The molecule has 0 aliphatic rings. The lowest BCUT2D eigenvalue weighted by atomic mass is 9.99. The van der Waals surface area contributed by atoms with E-state index in [-0.39, 0.29) is 6.04 Å². The van der Waals surface area contributed by atoms with Gasteiger partial charge < -0.3 is 10.6 Å². The molecule has 0 spiro atoms. The second-order valence-electron chi connectivity index (χ2n) is 5.37. The van der Waals surface area contributed by atoms with Gasteiger partial charge in [-0.25, -0.2) is 9.97 Å². The first kappa shape index (κ1) is 16.1. The molecule has 0 amide bonds. The van der Waals surface area contributed by atoms with Gasteiger partial charge in [0.2, 0.25) is 5.95 Å². The first-order valence-corrected chi connectivity index (χ1v) is 8.10. The first-order chi connectivity index (χ1) is 11.7. The van der Waals surface area contributed by atoms with Crippen molar-refractivity contribution in [1.82, 2.24) is 15.3 Å². The average molecular weight is 334 g/mol. The summed E-state index contributed by atoms with van der Waals surface area (Å²) in [5.41, 5.74) is 3.16. The summed E-state index contributed by atoms with van der Waals surface area (Å²) in [4.78, 5) is 8.50. The predicted molar refractivity (Wildman–Crippen MR) is 101 cm³/mol. The Balaban J connectivity index is 1.80. The number of anilines is 1. The molecule has 3 rings (SSSR count). The molecule has 0 saturated heterocycles. The number of benzene rings is 2. The van der Waals surface area contributed by atoms with Crippen LogP contribution in [0.5, 0.6) is 0 Å². The third-order valence-corrected chi connectivity index (χ3v) is 3.78. The molecule has 2 N–H and O–H groups in total. The highest BCUT2D eigenvalue weighted by Gasteiger charge is 2.15. The summed E-state index contributed by atoms with van der Waals surface area (Å²) in [6, 6.07) is 22.2. The molecule has 0 aliphatic heterocycles. The molecule has 0 fully saturated rings. The number of hydrogen-bond donors (Lipinski definition) is 2. The van der Waals surface area contributed by atoms with Crippen molar-refractivity contribution in [3.63, 3.8) is 0 Å². The van der Waals surface area contributed by atoms with Gasteiger partial charge >= 0.3 is 0 Å². The fraction of sp³-hybridized carbons (Fsp3) is 0.105. The second-order valence-corrected chi connectivity index (χ2v) is 5.78. The lowest BCUT2D eigenvalue weighted by Crippen LogP contribution is -2.33. The van der Waals surface area contributed by atoms with Crippen LogP contribution in [0.25, 0.3) is 0 Å². The minimum Gasteiger partial charge on any atom is -0.351 e. The molecule has 3 aromatic rings. The van der Waals surface area contributed by atoms with Gasteiger partial charge in [0.15, 0.2) is 5.11 Å². The van der Waals surface area contributed by atoms with Gasteiger partial charge in [-0.1, -0.05) is 60.7 Å². The SMILES string of the molecule is Cc1ccnc(NC(=S)NC(c2ccccc2)c2ccccc2)n1. The van der Waals surface area contributed by atoms with E-state index in [0.717, 1.165) is 16.8 Å². The van der Waals surface area contributed by atoms with E-state index in [2.05, 4.69) is 44.9 Å². The number of nitrogens with one attached hydrogen (secondary N) is 2. The van der Waals surface area contributed by atoms with Crippen molar-refractivity contribution in [3.8, 4) is 0 Å². The highest BCUT2D eigenvalue weighted by atomic mass is 32.1. The summed E-state index contributed by atoms with van der Waals surface area (Å²) in [7, 11) is 0. The van der Waals surface area contributed by atoms with Crippen LogP contribution in [0.1, 0.15) is 22.9 Å². The van der Waals surface area contributed by atoms with Gasteiger partial charge in [0, 0.05) is 11.9 Å². The molecule has 1 heterocycles. The first-order valence-electron chi connectivity index (χ1n) is 7.69. The molecule has 0 radical (unpaired) electrons. The van der Waals surface area contributed by atoms with Crippen LogP contribution in [0, 0.1) is 6.92 Å². The summed E-state index contributed by atoms with van der Waals surface area (Å²) in [6.45, 7) is 1.92. The summed E-state index contributed by atoms with van der Waals surface area (Å²) < 4.78 is 0. The van der Waals surface area contributed by atoms with E-state index in [4.69, 9.17) is 12.2 Å². The number of hydrogen-bond acceptors (Lipinski definition) is 3. The highest BCUT2D eigenvalue weighted by Crippen LogP contribution is 2.21. The monoisotopic (exact) mass is 334 g/mol. The van der Waals surface area contributed by atoms with Gasteiger partial charge in [0.25, 0.3) is 0 Å². The molecule has 120 valence electrons. The zero-order valence-electron chi connectivity index (χ0n) is 13.3. The Morgan fingerprint density at radius 1 is 0.917 bits per heavy atom. The van der Waals surface area contributed by atoms with Gasteiger partial charge in [-0.05, 0) is 36.3 Å². The van der Waals surface area contributed by atoms with E-state index in [1.807, 2.05) is 49.4 Å². The molecule has 24 heavy (non-hydrogen) atoms. The summed E-state index contributed by atoms with van der Waals surface area (Å²) in [6.07, 6.45) is 1.71. The molecule has 5 heteroatoms. The Bertz CT molecular complexity index is 766. The molecule has 4 nitrogen and oxygen atoms in total. The van der Waals surface area contributed by atoms with Crippen LogP contribution in [0.2, 0.25) is 0 Å². The summed E-state index contributed by atoms with van der Waals surface area (Å²) in [5.74, 6) is 0.493.